The Balaban J connectivity index is 2.09. The van der Waals surface area contributed by atoms with E-state index in [1.54, 1.807) is 0 Å². The van der Waals surface area contributed by atoms with Gasteiger partial charge in [0.05, 0.1) is 4.88 Å². The number of carbonyl (C=O) groups is 1. The fourth-order valence-electron chi connectivity index (χ4n) is 2.54. The summed E-state index contributed by atoms with van der Waals surface area (Å²) in [5.74, 6) is 5.77. The first-order valence-electron chi connectivity index (χ1n) is 6.43. The molecule has 1 aromatic heterocycles. The smallest absolute Gasteiger partial charge is 0.275 e. The molecule has 18 heavy (non-hydrogen) atoms. The molecule has 1 saturated heterocycles. The molecular formula is C13H21N3OS. The highest BCUT2D eigenvalue weighted by molar-refractivity contribution is 7.12. The Kier molecular flexibility index (Phi) is 4.37. The van der Waals surface area contributed by atoms with E-state index in [1.807, 2.05) is 11.4 Å². The number of nitrogen functional groups attached to an aromatic ring is 1. The molecule has 2 rings (SSSR count). The number of rotatable bonds is 3. The largest absolute Gasteiger partial charge is 0.296 e. The quantitative estimate of drug-likeness (QED) is 0.500. The number of nitrogens with zero attached hydrogens (tertiary/aromatic N) is 1. The van der Waals surface area contributed by atoms with Gasteiger partial charge in [0.2, 0.25) is 0 Å². The van der Waals surface area contributed by atoms with Gasteiger partial charge in [-0.2, -0.15) is 0 Å². The number of likely N-dealkylation sites (tertiary alicyclic amines) is 1. The molecule has 1 fully saturated rings. The summed E-state index contributed by atoms with van der Waals surface area (Å²) in [6.45, 7) is 6.51. The average Bonchev–Trinajstić information content (AvgIpc) is 2.81. The van der Waals surface area contributed by atoms with E-state index in [1.165, 1.54) is 24.2 Å². The highest BCUT2D eigenvalue weighted by atomic mass is 32.1. The van der Waals surface area contributed by atoms with E-state index >= 15 is 0 Å². The van der Waals surface area contributed by atoms with Gasteiger partial charge < -0.3 is 0 Å². The van der Waals surface area contributed by atoms with E-state index in [0.717, 1.165) is 29.4 Å². The minimum Gasteiger partial charge on any atom is -0.296 e. The van der Waals surface area contributed by atoms with Crippen molar-refractivity contribution in [3.8, 4) is 0 Å². The standard InChI is InChI=1S/C13H21N3OS/c1-9-3-4-10(2)16(7-9)8-11-5-6-18-12(11)13(17)15-14/h5-6,9-10H,3-4,7-8,14H2,1-2H3,(H,15,17). The molecule has 1 amide bonds. The van der Waals surface area contributed by atoms with Crippen molar-refractivity contribution >= 4 is 17.2 Å². The molecule has 0 aliphatic carbocycles. The van der Waals surface area contributed by atoms with Gasteiger partial charge in [-0.15, -0.1) is 11.3 Å². The lowest BCUT2D eigenvalue weighted by molar-refractivity contribution is 0.0949. The van der Waals surface area contributed by atoms with Gasteiger partial charge in [-0.3, -0.25) is 15.1 Å². The predicted octanol–water partition coefficient (Wildman–Crippen LogP) is 1.97. The van der Waals surface area contributed by atoms with Crippen LogP contribution in [0.25, 0.3) is 0 Å². The number of thiophene rings is 1. The SMILES string of the molecule is CC1CCC(C)N(Cc2ccsc2C(=O)NN)C1. The predicted molar refractivity (Wildman–Crippen MR) is 74.2 cm³/mol. The molecule has 3 N–H and O–H groups in total. The first kappa shape index (κ1) is 13.5. The molecule has 1 aromatic rings. The van der Waals surface area contributed by atoms with Gasteiger partial charge in [0.15, 0.2) is 0 Å². The molecule has 0 saturated carbocycles. The zero-order valence-electron chi connectivity index (χ0n) is 11.0. The summed E-state index contributed by atoms with van der Waals surface area (Å²) in [6.07, 6.45) is 2.54. The van der Waals surface area contributed by atoms with Crippen molar-refractivity contribution in [2.45, 2.75) is 39.3 Å². The summed E-state index contributed by atoms with van der Waals surface area (Å²) in [4.78, 5) is 14.8. The van der Waals surface area contributed by atoms with Gasteiger partial charge in [-0.05, 0) is 42.7 Å². The Labute approximate surface area is 112 Å². The zero-order valence-corrected chi connectivity index (χ0v) is 11.8. The summed E-state index contributed by atoms with van der Waals surface area (Å²) in [5.41, 5.74) is 3.30. The van der Waals surface area contributed by atoms with Crippen LogP contribution >= 0.6 is 11.3 Å². The molecule has 0 spiro atoms. The van der Waals surface area contributed by atoms with Crippen LogP contribution in [0.5, 0.6) is 0 Å². The summed E-state index contributed by atoms with van der Waals surface area (Å²) < 4.78 is 0. The van der Waals surface area contributed by atoms with E-state index < -0.39 is 0 Å². The Bertz CT molecular complexity index is 418. The van der Waals surface area contributed by atoms with Crippen molar-refractivity contribution < 1.29 is 4.79 Å². The number of piperidine rings is 1. The number of nitrogens with one attached hydrogen (secondary N) is 1. The molecule has 1 aliphatic rings. The van der Waals surface area contributed by atoms with Crippen LogP contribution in [0.2, 0.25) is 0 Å². The molecule has 0 radical (unpaired) electrons. The van der Waals surface area contributed by atoms with Crippen LogP contribution in [0, 0.1) is 5.92 Å². The maximum absolute atomic E-state index is 11.6. The lowest BCUT2D eigenvalue weighted by Crippen LogP contribution is -2.40. The third kappa shape index (κ3) is 2.91. The molecule has 4 nitrogen and oxygen atoms in total. The van der Waals surface area contributed by atoms with E-state index in [-0.39, 0.29) is 5.91 Å². The fourth-order valence-corrected chi connectivity index (χ4v) is 3.36. The first-order chi connectivity index (χ1) is 8.61. The van der Waals surface area contributed by atoms with Crippen molar-refractivity contribution in [1.29, 1.82) is 0 Å². The number of nitrogens with two attached hydrogens (primary N) is 1. The normalized spacial score (nSPS) is 25.1. The van der Waals surface area contributed by atoms with Crippen molar-refractivity contribution in [1.82, 2.24) is 10.3 Å². The van der Waals surface area contributed by atoms with E-state index in [9.17, 15) is 4.79 Å². The maximum atomic E-state index is 11.6. The second kappa shape index (κ2) is 5.82. The zero-order chi connectivity index (χ0) is 13.1. The molecular weight excluding hydrogens is 246 g/mol. The number of hydrazine groups is 1. The van der Waals surface area contributed by atoms with Gasteiger partial charge in [-0.25, -0.2) is 5.84 Å². The van der Waals surface area contributed by atoms with Crippen LogP contribution in [0.4, 0.5) is 0 Å². The molecule has 0 aromatic carbocycles. The lowest BCUT2D eigenvalue weighted by Gasteiger charge is -2.36. The third-order valence-electron chi connectivity index (χ3n) is 3.70. The Morgan fingerprint density at radius 1 is 1.56 bits per heavy atom. The third-order valence-corrected chi connectivity index (χ3v) is 4.66. The highest BCUT2D eigenvalue weighted by Crippen LogP contribution is 2.25. The average molecular weight is 267 g/mol. The number of hydrogen-bond donors (Lipinski definition) is 2. The highest BCUT2D eigenvalue weighted by Gasteiger charge is 2.24. The summed E-state index contributed by atoms with van der Waals surface area (Å²) in [5, 5.41) is 1.96. The number of amides is 1. The molecule has 5 heteroatoms. The molecule has 1 aliphatic heterocycles. The van der Waals surface area contributed by atoms with Gasteiger partial charge in [0, 0.05) is 19.1 Å². The van der Waals surface area contributed by atoms with Crippen molar-refractivity contribution in [3.05, 3.63) is 21.9 Å². The van der Waals surface area contributed by atoms with E-state index in [0.29, 0.717) is 6.04 Å². The van der Waals surface area contributed by atoms with E-state index in [4.69, 9.17) is 5.84 Å². The first-order valence-corrected chi connectivity index (χ1v) is 7.31. The van der Waals surface area contributed by atoms with Crippen LogP contribution in [0.1, 0.15) is 41.9 Å². The minimum absolute atomic E-state index is 0.183. The van der Waals surface area contributed by atoms with Crippen LogP contribution in [0.15, 0.2) is 11.4 Å². The molecule has 100 valence electrons. The Hall–Kier alpha value is -0.910. The minimum atomic E-state index is -0.183. The second-order valence-corrected chi connectivity index (χ2v) is 6.13. The fraction of sp³-hybridized carbons (Fsp3) is 0.615. The van der Waals surface area contributed by atoms with Crippen LogP contribution in [-0.2, 0) is 6.54 Å². The van der Waals surface area contributed by atoms with Gasteiger partial charge in [0.25, 0.3) is 5.91 Å². The van der Waals surface area contributed by atoms with Crippen LogP contribution in [0.3, 0.4) is 0 Å². The number of hydrogen-bond acceptors (Lipinski definition) is 4. The molecule has 2 heterocycles. The topological polar surface area (TPSA) is 58.4 Å². The monoisotopic (exact) mass is 267 g/mol. The number of carbonyl (C=O) groups excluding carboxylic acids is 1. The van der Waals surface area contributed by atoms with Gasteiger partial charge in [0.1, 0.15) is 0 Å². The second-order valence-electron chi connectivity index (χ2n) is 5.21. The lowest BCUT2D eigenvalue weighted by atomic mass is 9.94. The van der Waals surface area contributed by atoms with E-state index in [2.05, 4.69) is 24.2 Å². The van der Waals surface area contributed by atoms with Gasteiger partial charge in [-0.1, -0.05) is 6.92 Å². The Morgan fingerprint density at radius 2 is 2.33 bits per heavy atom. The Morgan fingerprint density at radius 3 is 3.06 bits per heavy atom. The van der Waals surface area contributed by atoms with Gasteiger partial charge >= 0.3 is 0 Å². The van der Waals surface area contributed by atoms with Crippen LogP contribution < -0.4 is 11.3 Å². The maximum Gasteiger partial charge on any atom is 0.275 e. The molecule has 2 atom stereocenters. The molecule has 0 bridgehead atoms. The summed E-state index contributed by atoms with van der Waals surface area (Å²) >= 11 is 1.45. The summed E-state index contributed by atoms with van der Waals surface area (Å²) in [7, 11) is 0. The molecule has 2 unspecified atom stereocenters. The van der Waals surface area contributed by atoms with Crippen molar-refractivity contribution in [2.24, 2.45) is 11.8 Å². The van der Waals surface area contributed by atoms with Crippen LogP contribution in [-0.4, -0.2) is 23.4 Å². The van der Waals surface area contributed by atoms with Crippen molar-refractivity contribution in [2.75, 3.05) is 6.54 Å². The van der Waals surface area contributed by atoms with Crippen molar-refractivity contribution in [3.63, 3.8) is 0 Å². The summed E-state index contributed by atoms with van der Waals surface area (Å²) in [6, 6.07) is 2.62.